The van der Waals surface area contributed by atoms with Crippen LogP contribution < -0.4 is 16.4 Å². The van der Waals surface area contributed by atoms with Gasteiger partial charge in [-0.3, -0.25) is 9.59 Å². The number of nitrogens with two attached hydrogens (primary N) is 1. The molecule has 8 heteroatoms. The Morgan fingerprint density at radius 1 is 1.07 bits per heavy atom. The number of alkyl carbamates (subject to hydrolysis) is 1. The molecule has 0 aromatic heterocycles. The third-order valence-corrected chi connectivity index (χ3v) is 4.27. The van der Waals surface area contributed by atoms with Crippen LogP contribution in [0.5, 0.6) is 0 Å². The number of nitrogens with one attached hydrogen (secondary N) is 2. The van der Waals surface area contributed by atoms with Crippen LogP contribution >= 0.6 is 0 Å². The van der Waals surface area contributed by atoms with Gasteiger partial charge in [0.1, 0.15) is 12.6 Å². The molecule has 1 rings (SSSR count). The maximum atomic E-state index is 11.9. The van der Waals surface area contributed by atoms with Gasteiger partial charge in [-0.05, 0) is 37.7 Å². The lowest BCUT2D eigenvalue weighted by molar-refractivity contribution is -0.127. The second kappa shape index (κ2) is 14.9. The zero-order chi connectivity index (χ0) is 21.3. The largest absolute Gasteiger partial charge is 0.445 e. The summed E-state index contributed by atoms with van der Waals surface area (Å²) in [6, 6.07) is 10.8. The van der Waals surface area contributed by atoms with Crippen molar-refractivity contribution in [3.05, 3.63) is 35.9 Å². The third-order valence-electron chi connectivity index (χ3n) is 4.27. The van der Waals surface area contributed by atoms with Gasteiger partial charge in [-0.2, -0.15) is 5.26 Å². The molecule has 0 aliphatic rings. The maximum Gasteiger partial charge on any atom is 0.407 e. The first-order valence-corrected chi connectivity index (χ1v) is 9.93. The molecule has 0 saturated carbocycles. The van der Waals surface area contributed by atoms with E-state index in [-0.39, 0.29) is 12.5 Å². The molecule has 0 aliphatic heterocycles. The topological polar surface area (TPSA) is 134 Å². The maximum absolute atomic E-state index is 11.9. The lowest BCUT2D eigenvalue weighted by Crippen LogP contribution is -2.44. The summed E-state index contributed by atoms with van der Waals surface area (Å²) < 4.78 is 5.11. The Bertz CT molecular complexity index is 673. The van der Waals surface area contributed by atoms with Crippen molar-refractivity contribution in [1.29, 1.82) is 5.26 Å². The molecule has 0 aliphatic carbocycles. The Hall–Kier alpha value is -3.08. The predicted octanol–water partition coefficient (Wildman–Crippen LogP) is 2.53. The molecule has 3 amide bonds. The molecular weight excluding hydrogens is 372 g/mol. The number of amides is 3. The first kappa shape index (κ1) is 24.0. The quantitative estimate of drug-likeness (QED) is 0.411. The molecule has 0 spiro atoms. The van der Waals surface area contributed by atoms with Gasteiger partial charge in [0.2, 0.25) is 11.8 Å². The Labute approximate surface area is 171 Å². The van der Waals surface area contributed by atoms with Crippen LogP contribution in [0.1, 0.15) is 56.9 Å². The van der Waals surface area contributed by atoms with Crippen LogP contribution in [0.25, 0.3) is 0 Å². The molecule has 158 valence electrons. The van der Waals surface area contributed by atoms with Crippen molar-refractivity contribution in [2.75, 3.05) is 6.54 Å². The summed E-state index contributed by atoms with van der Waals surface area (Å²) in [5.74, 6) is -0.780. The van der Waals surface area contributed by atoms with Gasteiger partial charge in [0.25, 0.3) is 0 Å². The standard InChI is InChI=1S/C21H30N4O4/c22-14-8-2-6-12-18(20(23)27)25-19(26)13-7-3-9-15-24-21(28)29-16-17-10-4-1-5-11-17/h1,4-5,10-11,18H,2-3,6-9,12-13,15-16H2,(H2,23,27)(H,24,28)(H,25,26)/t18-/m1/s1. The molecule has 1 aromatic carbocycles. The second-order valence-electron chi connectivity index (χ2n) is 6.73. The predicted molar refractivity (Wildman–Crippen MR) is 108 cm³/mol. The van der Waals surface area contributed by atoms with Crippen LogP contribution in [0.4, 0.5) is 4.79 Å². The minimum absolute atomic E-state index is 0.218. The normalized spacial score (nSPS) is 11.1. The molecule has 4 N–H and O–H groups in total. The summed E-state index contributed by atoms with van der Waals surface area (Å²) in [4.78, 5) is 35.0. The minimum atomic E-state index is -0.692. The second-order valence-corrected chi connectivity index (χ2v) is 6.73. The van der Waals surface area contributed by atoms with E-state index in [2.05, 4.69) is 10.6 Å². The zero-order valence-corrected chi connectivity index (χ0v) is 16.7. The molecule has 0 saturated heterocycles. The average molecular weight is 402 g/mol. The SMILES string of the molecule is N#CCCCC[C@@H](NC(=O)CCCCCNC(=O)OCc1ccccc1)C(N)=O. The number of hydrogen-bond acceptors (Lipinski definition) is 5. The number of primary amides is 1. The van der Waals surface area contributed by atoms with Gasteiger partial charge in [0.15, 0.2) is 0 Å². The van der Waals surface area contributed by atoms with E-state index < -0.39 is 18.0 Å². The van der Waals surface area contributed by atoms with Crippen LogP contribution in [0, 0.1) is 11.3 Å². The van der Waals surface area contributed by atoms with E-state index in [1.54, 1.807) is 0 Å². The van der Waals surface area contributed by atoms with E-state index in [0.717, 1.165) is 18.4 Å². The van der Waals surface area contributed by atoms with Crippen molar-refractivity contribution in [2.24, 2.45) is 5.73 Å². The van der Waals surface area contributed by atoms with E-state index in [1.807, 2.05) is 36.4 Å². The lowest BCUT2D eigenvalue weighted by atomic mass is 10.1. The molecular formula is C21H30N4O4. The summed E-state index contributed by atoms with van der Waals surface area (Å²) in [6.07, 6.45) is 4.16. The highest BCUT2D eigenvalue weighted by Crippen LogP contribution is 2.05. The molecule has 1 atom stereocenters. The van der Waals surface area contributed by atoms with Crippen molar-refractivity contribution >= 4 is 17.9 Å². The van der Waals surface area contributed by atoms with Crippen LogP contribution in [-0.2, 0) is 20.9 Å². The molecule has 1 aromatic rings. The van der Waals surface area contributed by atoms with Gasteiger partial charge in [0.05, 0.1) is 6.07 Å². The van der Waals surface area contributed by atoms with Gasteiger partial charge >= 0.3 is 6.09 Å². The molecule has 8 nitrogen and oxygen atoms in total. The number of unbranched alkanes of at least 4 members (excludes halogenated alkanes) is 4. The number of benzene rings is 1. The summed E-state index contributed by atoms with van der Waals surface area (Å²) in [7, 11) is 0. The Morgan fingerprint density at radius 3 is 2.52 bits per heavy atom. The number of nitriles is 1. The Kier molecular flexibility index (Phi) is 12.3. The third kappa shape index (κ3) is 12.1. The van der Waals surface area contributed by atoms with Gasteiger partial charge in [-0.15, -0.1) is 0 Å². The highest BCUT2D eigenvalue weighted by molar-refractivity contribution is 5.86. The van der Waals surface area contributed by atoms with E-state index >= 15 is 0 Å². The van der Waals surface area contributed by atoms with Crippen LogP contribution in [-0.4, -0.2) is 30.5 Å². The number of carbonyl (C=O) groups excluding carboxylic acids is 3. The molecule has 0 heterocycles. The minimum Gasteiger partial charge on any atom is -0.445 e. The highest BCUT2D eigenvalue weighted by Gasteiger charge is 2.17. The van der Waals surface area contributed by atoms with E-state index in [1.165, 1.54) is 0 Å². The Balaban J connectivity index is 2.07. The van der Waals surface area contributed by atoms with Crippen LogP contribution in [0.2, 0.25) is 0 Å². The smallest absolute Gasteiger partial charge is 0.407 e. The van der Waals surface area contributed by atoms with Gasteiger partial charge < -0.3 is 21.1 Å². The number of nitrogens with zero attached hydrogens (tertiary/aromatic N) is 1. The number of ether oxygens (including phenoxy) is 1. The van der Waals surface area contributed by atoms with Crippen molar-refractivity contribution in [2.45, 2.75) is 64.0 Å². The summed E-state index contributed by atoms with van der Waals surface area (Å²) in [6.45, 7) is 0.697. The van der Waals surface area contributed by atoms with E-state index in [4.69, 9.17) is 15.7 Å². The van der Waals surface area contributed by atoms with E-state index in [9.17, 15) is 14.4 Å². The molecule has 0 radical (unpaired) electrons. The van der Waals surface area contributed by atoms with Gasteiger partial charge in [-0.25, -0.2) is 4.79 Å². The van der Waals surface area contributed by atoms with Crippen LogP contribution in [0.15, 0.2) is 30.3 Å². The van der Waals surface area contributed by atoms with Crippen molar-refractivity contribution < 1.29 is 19.1 Å². The van der Waals surface area contributed by atoms with Gasteiger partial charge in [0, 0.05) is 19.4 Å². The average Bonchev–Trinajstić information content (AvgIpc) is 2.71. The number of carbonyl (C=O) groups is 3. The zero-order valence-electron chi connectivity index (χ0n) is 16.7. The molecule has 0 bridgehead atoms. The number of hydrogen-bond donors (Lipinski definition) is 3. The fourth-order valence-electron chi connectivity index (χ4n) is 2.66. The van der Waals surface area contributed by atoms with Gasteiger partial charge in [-0.1, -0.05) is 36.8 Å². The first-order chi connectivity index (χ1) is 14.0. The monoisotopic (exact) mass is 402 g/mol. The summed E-state index contributed by atoms with van der Waals surface area (Å²) in [5.41, 5.74) is 6.24. The fraction of sp³-hybridized carbons (Fsp3) is 0.524. The summed E-state index contributed by atoms with van der Waals surface area (Å²) >= 11 is 0. The van der Waals surface area contributed by atoms with Crippen molar-refractivity contribution in [3.63, 3.8) is 0 Å². The van der Waals surface area contributed by atoms with E-state index in [0.29, 0.717) is 45.1 Å². The Morgan fingerprint density at radius 2 is 1.83 bits per heavy atom. The van der Waals surface area contributed by atoms with Crippen LogP contribution in [0.3, 0.4) is 0 Å². The van der Waals surface area contributed by atoms with Crippen molar-refractivity contribution in [3.8, 4) is 6.07 Å². The molecule has 29 heavy (non-hydrogen) atoms. The highest BCUT2D eigenvalue weighted by atomic mass is 16.5. The fourth-order valence-corrected chi connectivity index (χ4v) is 2.66. The number of rotatable bonds is 14. The molecule has 0 fully saturated rings. The lowest BCUT2D eigenvalue weighted by Gasteiger charge is -2.15. The summed E-state index contributed by atoms with van der Waals surface area (Å²) in [5, 5.41) is 13.8. The molecule has 0 unspecified atom stereocenters. The first-order valence-electron chi connectivity index (χ1n) is 9.93. The van der Waals surface area contributed by atoms with Crippen molar-refractivity contribution in [1.82, 2.24) is 10.6 Å².